The van der Waals surface area contributed by atoms with Gasteiger partial charge < -0.3 is 44.9 Å². The average molecular weight is 655 g/mol. The number of nitrogens with zero attached hydrogens (tertiary/aromatic N) is 1. The monoisotopic (exact) mass is 654 g/mol. The molecule has 1 aliphatic rings. The van der Waals surface area contributed by atoms with Gasteiger partial charge in [-0.3, -0.25) is 4.79 Å². The quantitative estimate of drug-likeness (QED) is 0.0381. The van der Waals surface area contributed by atoms with Crippen LogP contribution in [0.25, 0.3) is 0 Å². The molecule has 0 spiro atoms. The number of nitrogens with one attached hydrogen (secondary N) is 1. The van der Waals surface area contributed by atoms with Crippen molar-refractivity contribution in [1.82, 2.24) is 10.2 Å². The summed E-state index contributed by atoms with van der Waals surface area (Å²) in [5.41, 5.74) is -1.73. The van der Waals surface area contributed by atoms with E-state index in [4.69, 9.17) is 14.2 Å². The zero-order valence-corrected chi connectivity index (χ0v) is 29.6. The zero-order valence-electron chi connectivity index (χ0n) is 29.6. The Morgan fingerprint density at radius 1 is 1.15 bits per heavy atom. The zero-order chi connectivity index (χ0) is 35.1. The molecule has 9 unspecified atom stereocenters. The molecule has 1 rings (SSSR count). The molecule has 1 aliphatic heterocycles. The number of amides is 1. The van der Waals surface area contributed by atoms with Crippen LogP contribution in [0.4, 0.5) is 4.79 Å². The van der Waals surface area contributed by atoms with Gasteiger partial charge in [0.2, 0.25) is 0 Å². The van der Waals surface area contributed by atoms with Gasteiger partial charge in [0.05, 0.1) is 42.0 Å². The lowest BCUT2D eigenvalue weighted by molar-refractivity contribution is -0.151. The summed E-state index contributed by atoms with van der Waals surface area (Å²) in [5, 5.41) is 44.8. The molecule has 1 heterocycles. The number of carbonyl (C=O) groups excluding carboxylic acids is 2. The molecular weight excluding hydrogens is 592 g/mol. The molecule has 1 fully saturated rings. The third-order valence-electron chi connectivity index (χ3n) is 8.26. The number of alkyl carbamates (subject to hydrolysis) is 1. The van der Waals surface area contributed by atoms with E-state index in [0.717, 1.165) is 18.5 Å². The fourth-order valence-corrected chi connectivity index (χ4v) is 5.26. The molecule has 0 bridgehead atoms. The fourth-order valence-electron chi connectivity index (χ4n) is 5.26. The molecule has 0 radical (unpaired) electrons. The average Bonchev–Trinajstić information content (AvgIpc) is 3.73. The number of ether oxygens (including phenoxy) is 3. The Hall–Kier alpha value is -2.28. The van der Waals surface area contributed by atoms with Gasteiger partial charge in [-0.25, -0.2) is 4.79 Å². The van der Waals surface area contributed by atoms with E-state index in [9.17, 15) is 30.0 Å². The van der Waals surface area contributed by atoms with Crippen molar-refractivity contribution in [3.8, 4) is 0 Å². The molecule has 1 saturated heterocycles. The number of esters is 1. The maximum atomic E-state index is 12.8. The van der Waals surface area contributed by atoms with Crippen LogP contribution in [0, 0.1) is 11.8 Å². The van der Waals surface area contributed by atoms with Crippen LogP contribution in [0.3, 0.4) is 0 Å². The van der Waals surface area contributed by atoms with Crippen LogP contribution in [0.15, 0.2) is 36.0 Å². The van der Waals surface area contributed by atoms with Gasteiger partial charge in [-0.05, 0) is 79.6 Å². The molecule has 11 nitrogen and oxygen atoms in total. The molecule has 1 amide bonds. The number of carbonyl (C=O) groups is 2. The summed E-state index contributed by atoms with van der Waals surface area (Å²) in [6, 6.07) is 0. The van der Waals surface area contributed by atoms with Crippen LogP contribution in [-0.2, 0) is 19.0 Å². The summed E-state index contributed by atoms with van der Waals surface area (Å²) >= 11 is 0. The van der Waals surface area contributed by atoms with Crippen LogP contribution in [0.5, 0.6) is 0 Å². The lowest BCUT2D eigenvalue weighted by Gasteiger charge is -2.25. The lowest BCUT2D eigenvalue weighted by Crippen LogP contribution is -2.36. The van der Waals surface area contributed by atoms with Gasteiger partial charge >= 0.3 is 12.1 Å². The van der Waals surface area contributed by atoms with Crippen LogP contribution in [-0.4, -0.2) is 113 Å². The second-order valence-corrected chi connectivity index (χ2v) is 13.7. The first-order valence-electron chi connectivity index (χ1n) is 16.6. The molecule has 5 N–H and O–H groups in total. The number of epoxide rings is 1. The van der Waals surface area contributed by atoms with E-state index in [-0.39, 0.29) is 49.9 Å². The molecule has 0 saturated carbocycles. The molecule has 266 valence electrons. The summed E-state index contributed by atoms with van der Waals surface area (Å²) in [6.45, 7) is 13.8. The highest BCUT2D eigenvalue weighted by atomic mass is 16.6. The Kier molecular flexibility index (Phi) is 18.3. The van der Waals surface area contributed by atoms with Gasteiger partial charge in [0, 0.05) is 24.8 Å². The molecule has 9 atom stereocenters. The van der Waals surface area contributed by atoms with Crippen molar-refractivity contribution in [3.63, 3.8) is 0 Å². The Bertz CT molecular complexity index is 1010. The van der Waals surface area contributed by atoms with Crippen molar-refractivity contribution in [2.24, 2.45) is 11.8 Å². The maximum Gasteiger partial charge on any atom is 0.407 e. The number of aliphatic hydroxyl groups excluding tert-OH is 2. The highest BCUT2D eigenvalue weighted by Crippen LogP contribution is 2.37. The topological polar surface area (TPSA) is 161 Å². The van der Waals surface area contributed by atoms with E-state index in [1.54, 1.807) is 25.2 Å². The second kappa shape index (κ2) is 20.2. The smallest absolute Gasteiger partial charge is 0.407 e. The molecule has 0 aromatic rings. The van der Waals surface area contributed by atoms with Gasteiger partial charge in [-0.2, -0.15) is 0 Å². The number of aliphatic hydroxyl groups is 4. The van der Waals surface area contributed by atoms with Gasteiger partial charge in [0.15, 0.2) is 0 Å². The maximum absolute atomic E-state index is 12.8. The summed E-state index contributed by atoms with van der Waals surface area (Å²) < 4.78 is 16.6. The van der Waals surface area contributed by atoms with Crippen molar-refractivity contribution < 1.29 is 44.2 Å². The molecule has 11 heteroatoms. The van der Waals surface area contributed by atoms with Crippen molar-refractivity contribution in [1.29, 1.82) is 0 Å². The molecule has 0 aromatic carbocycles. The predicted molar refractivity (Wildman–Crippen MR) is 179 cm³/mol. The number of allylic oxidation sites excluding steroid dienone is 3. The fraction of sp³-hybridized carbons (Fsp3) is 0.771. The third-order valence-corrected chi connectivity index (χ3v) is 8.26. The van der Waals surface area contributed by atoms with E-state index in [1.165, 1.54) is 6.92 Å². The Morgan fingerprint density at radius 3 is 2.43 bits per heavy atom. The first-order valence-corrected chi connectivity index (χ1v) is 16.6. The number of hydrogen-bond donors (Lipinski definition) is 5. The summed E-state index contributed by atoms with van der Waals surface area (Å²) in [6.07, 6.45) is 7.95. The van der Waals surface area contributed by atoms with Crippen molar-refractivity contribution in [2.45, 2.75) is 129 Å². The Morgan fingerprint density at radius 2 is 1.83 bits per heavy atom. The third kappa shape index (κ3) is 17.0. The lowest BCUT2D eigenvalue weighted by atomic mass is 9.91. The normalized spacial score (nSPS) is 23.0. The van der Waals surface area contributed by atoms with Crippen molar-refractivity contribution in [2.75, 3.05) is 33.8 Å². The van der Waals surface area contributed by atoms with Crippen LogP contribution >= 0.6 is 0 Å². The number of hydrogen-bond acceptors (Lipinski definition) is 10. The van der Waals surface area contributed by atoms with E-state index in [2.05, 4.69) is 5.32 Å². The van der Waals surface area contributed by atoms with Crippen LogP contribution < -0.4 is 5.32 Å². The summed E-state index contributed by atoms with van der Waals surface area (Å²) in [4.78, 5) is 26.7. The van der Waals surface area contributed by atoms with Crippen molar-refractivity contribution >= 4 is 12.1 Å². The van der Waals surface area contributed by atoms with E-state index in [0.29, 0.717) is 19.4 Å². The van der Waals surface area contributed by atoms with E-state index < -0.39 is 41.6 Å². The van der Waals surface area contributed by atoms with Gasteiger partial charge in [-0.15, -0.1) is 0 Å². The molecule has 0 aromatic heterocycles. The Labute approximate surface area is 276 Å². The number of rotatable bonds is 22. The van der Waals surface area contributed by atoms with Crippen LogP contribution in [0.1, 0.15) is 87.0 Å². The first kappa shape index (κ1) is 41.7. The first-order chi connectivity index (χ1) is 21.4. The van der Waals surface area contributed by atoms with Crippen LogP contribution in [0.2, 0.25) is 0 Å². The SMILES string of the molecule is C/C=C/C(C)C(OC(=O)CC(O)CCC(C)(O)COC(=O)NCCCN(C)C)/C(C)=C/C=C/C(C)(O)CC1OC1C(C)C(O)CC. The van der Waals surface area contributed by atoms with E-state index in [1.807, 2.05) is 65.8 Å². The van der Waals surface area contributed by atoms with E-state index >= 15 is 0 Å². The van der Waals surface area contributed by atoms with Gasteiger partial charge in [0.1, 0.15) is 12.7 Å². The minimum Gasteiger partial charge on any atom is -0.457 e. The largest absolute Gasteiger partial charge is 0.457 e. The van der Waals surface area contributed by atoms with Gasteiger partial charge in [-0.1, -0.05) is 51.2 Å². The highest BCUT2D eigenvalue weighted by Gasteiger charge is 2.47. The standard InChI is InChI=1S/C35H62N2O9/c1-10-14-24(3)31(25(4)15-12-17-34(6,42)22-29-32(45-29)26(5)28(39)11-2)46-30(40)21-27(38)16-18-35(7,43)23-44-33(41)36-19-13-20-37(8)9/h10,12,14-15,17,24,26-29,31-32,38-39,42-43H,11,13,16,18-23H2,1-9H3,(H,36,41)/b14-10+,17-12+,25-15+. The minimum atomic E-state index is -1.37. The highest BCUT2D eigenvalue weighted by molar-refractivity contribution is 5.70. The predicted octanol–water partition coefficient (Wildman–Crippen LogP) is 3.89. The second-order valence-electron chi connectivity index (χ2n) is 13.7. The van der Waals surface area contributed by atoms with Gasteiger partial charge in [0.25, 0.3) is 0 Å². The summed E-state index contributed by atoms with van der Waals surface area (Å²) in [7, 11) is 3.89. The molecule has 46 heavy (non-hydrogen) atoms. The minimum absolute atomic E-state index is 0.00219. The Balaban J connectivity index is 2.64. The summed E-state index contributed by atoms with van der Waals surface area (Å²) in [5.74, 6) is -0.719. The molecule has 0 aliphatic carbocycles. The molecular formula is C35H62N2O9. The van der Waals surface area contributed by atoms with Crippen molar-refractivity contribution in [3.05, 3.63) is 36.0 Å².